The summed E-state index contributed by atoms with van der Waals surface area (Å²) in [5.41, 5.74) is 9.70. The molecule has 6 nitrogen and oxygen atoms in total. The monoisotopic (exact) mass is 406 g/mol. The number of fused-ring (bicyclic) bond motifs is 1. The first-order chi connectivity index (χ1) is 14.0. The Balaban J connectivity index is 1.50. The van der Waals surface area contributed by atoms with Gasteiger partial charge in [0.2, 0.25) is 5.78 Å². The fourth-order valence-corrected chi connectivity index (χ4v) is 3.38. The van der Waals surface area contributed by atoms with Crippen LogP contribution in [0.1, 0.15) is 27.4 Å². The third-order valence-electron chi connectivity index (χ3n) is 4.70. The zero-order valence-electron chi connectivity index (χ0n) is 15.8. The molecule has 0 aliphatic rings. The third kappa shape index (κ3) is 4.07. The van der Waals surface area contributed by atoms with E-state index in [-0.39, 0.29) is 12.2 Å². The van der Waals surface area contributed by atoms with Crippen LogP contribution in [0.2, 0.25) is 5.02 Å². The molecule has 0 amide bonds. The number of nitrogens with zero attached hydrogens (tertiary/aromatic N) is 2. The highest BCUT2D eigenvalue weighted by atomic mass is 35.5. The van der Waals surface area contributed by atoms with E-state index >= 15 is 0 Å². The SMILES string of the molecule is Cc1c(C(=O)Cc2ccnc(CNc3cccnc3N)c2)oc2ccc(Cl)cc12. The van der Waals surface area contributed by atoms with Crippen LogP contribution in [0.5, 0.6) is 0 Å². The van der Waals surface area contributed by atoms with E-state index in [1.54, 1.807) is 24.5 Å². The molecule has 0 unspecified atom stereocenters. The van der Waals surface area contributed by atoms with Gasteiger partial charge in [-0.05, 0) is 55.0 Å². The summed E-state index contributed by atoms with van der Waals surface area (Å²) in [6.07, 6.45) is 3.55. The van der Waals surface area contributed by atoms with Crippen molar-refractivity contribution in [2.45, 2.75) is 19.9 Å². The molecule has 0 fully saturated rings. The molecule has 7 heteroatoms. The maximum absolute atomic E-state index is 12.8. The minimum Gasteiger partial charge on any atom is -0.453 e. The van der Waals surface area contributed by atoms with Crippen LogP contribution in [0.4, 0.5) is 11.5 Å². The smallest absolute Gasteiger partial charge is 0.202 e. The van der Waals surface area contributed by atoms with E-state index < -0.39 is 0 Å². The number of anilines is 2. The number of carbonyl (C=O) groups excluding carboxylic acids is 1. The number of rotatable bonds is 6. The van der Waals surface area contributed by atoms with Gasteiger partial charge in [0.25, 0.3) is 0 Å². The maximum Gasteiger partial charge on any atom is 0.202 e. The van der Waals surface area contributed by atoms with Crippen molar-refractivity contribution in [1.82, 2.24) is 9.97 Å². The summed E-state index contributed by atoms with van der Waals surface area (Å²) in [5, 5.41) is 4.68. The summed E-state index contributed by atoms with van der Waals surface area (Å²) < 4.78 is 5.78. The number of aryl methyl sites for hydroxylation is 1. The molecule has 0 aliphatic carbocycles. The van der Waals surface area contributed by atoms with Crippen LogP contribution in [0.25, 0.3) is 11.0 Å². The minimum atomic E-state index is -0.0866. The molecule has 0 aliphatic heterocycles. The fraction of sp³-hybridized carbons (Fsp3) is 0.136. The molecule has 0 spiro atoms. The van der Waals surface area contributed by atoms with Crippen LogP contribution < -0.4 is 11.1 Å². The largest absolute Gasteiger partial charge is 0.453 e. The van der Waals surface area contributed by atoms with Crippen molar-refractivity contribution in [3.05, 3.63) is 82.5 Å². The summed E-state index contributed by atoms with van der Waals surface area (Å²) in [7, 11) is 0. The quantitative estimate of drug-likeness (QED) is 0.446. The van der Waals surface area contributed by atoms with Crippen LogP contribution >= 0.6 is 11.6 Å². The van der Waals surface area contributed by atoms with E-state index in [0.29, 0.717) is 28.7 Å². The van der Waals surface area contributed by atoms with Gasteiger partial charge in [-0.1, -0.05) is 11.6 Å². The first-order valence-corrected chi connectivity index (χ1v) is 9.49. The van der Waals surface area contributed by atoms with Crippen LogP contribution in [0.3, 0.4) is 0 Å². The molecule has 1 aromatic carbocycles. The Morgan fingerprint density at radius 2 is 2.03 bits per heavy atom. The van der Waals surface area contributed by atoms with Gasteiger partial charge in [0, 0.05) is 34.8 Å². The predicted octanol–water partition coefficient (Wildman–Crippen LogP) is 4.80. The van der Waals surface area contributed by atoms with Crippen molar-refractivity contribution in [2.75, 3.05) is 11.1 Å². The highest BCUT2D eigenvalue weighted by Gasteiger charge is 2.18. The molecule has 0 bridgehead atoms. The number of hydrogen-bond donors (Lipinski definition) is 2. The van der Waals surface area contributed by atoms with Gasteiger partial charge < -0.3 is 15.5 Å². The van der Waals surface area contributed by atoms with Crippen molar-refractivity contribution >= 4 is 39.9 Å². The van der Waals surface area contributed by atoms with Crippen molar-refractivity contribution in [3.63, 3.8) is 0 Å². The Morgan fingerprint density at radius 1 is 1.17 bits per heavy atom. The first kappa shape index (κ1) is 19.0. The number of hydrogen-bond acceptors (Lipinski definition) is 6. The van der Waals surface area contributed by atoms with Crippen molar-refractivity contribution in [3.8, 4) is 0 Å². The molecule has 3 aromatic heterocycles. The van der Waals surface area contributed by atoms with E-state index in [2.05, 4.69) is 15.3 Å². The lowest BCUT2D eigenvalue weighted by Crippen LogP contribution is -2.07. The summed E-state index contributed by atoms with van der Waals surface area (Å²) in [6, 6.07) is 12.7. The molecule has 0 atom stereocenters. The lowest BCUT2D eigenvalue weighted by Gasteiger charge is -2.08. The van der Waals surface area contributed by atoms with Gasteiger partial charge in [-0.15, -0.1) is 0 Å². The third-order valence-corrected chi connectivity index (χ3v) is 4.93. The number of aromatic nitrogens is 2. The van der Waals surface area contributed by atoms with Crippen LogP contribution in [-0.4, -0.2) is 15.8 Å². The predicted molar refractivity (Wildman–Crippen MR) is 114 cm³/mol. The number of carbonyl (C=O) groups is 1. The lowest BCUT2D eigenvalue weighted by atomic mass is 10.0. The van der Waals surface area contributed by atoms with Crippen LogP contribution in [-0.2, 0) is 13.0 Å². The Hall–Kier alpha value is -3.38. The van der Waals surface area contributed by atoms with Gasteiger partial charge in [0.05, 0.1) is 17.9 Å². The Labute approximate surface area is 172 Å². The minimum absolute atomic E-state index is 0.0866. The molecule has 4 aromatic rings. The molecule has 0 saturated carbocycles. The van der Waals surface area contributed by atoms with E-state index in [1.165, 1.54) is 0 Å². The molecule has 0 saturated heterocycles. The van der Waals surface area contributed by atoms with Crippen LogP contribution in [0, 0.1) is 6.92 Å². The van der Waals surface area contributed by atoms with Gasteiger partial charge >= 0.3 is 0 Å². The fourth-order valence-electron chi connectivity index (χ4n) is 3.21. The van der Waals surface area contributed by atoms with E-state index in [1.807, 2.05) is 37.3 Å². The molecule has 0 radical (unpaired) electrons. The first-order valence-electron chi connectivity index (χ1n) is 9.11. The number of furan rings is 1. The lowest BCUT2D eigenvalue weighted by molar-refractivity contribution is 0.0967. The van der Waals surface area contributed by atoms with Crippen molar-refractivity contribution in [2.24, 2.45) is 0 Å². The molecule has 4 rings (SSSR count). The Morgan fingerprint density at radius 3 is 2.86 bits per heavy atom. The summed E-state index contributed by atoms with van der Waals surface area (Å²) in [5.74, 6) is 0.706. The van der Waals surface area contributed by atoms with Crippen molar-refractivity contribution in [1.29, 1.82) is 0 Å². The van der Waals surface area contributed by atoms with Gasteiger partial charge in [-0.2, -0.15) is 0 Å². The standard InChI is InChI=1S/C22H19ClN4O2/c1-13-17-11-15(23)4-5-20(17)29-21(13)19(28)10-14-6-8-25-16(9-14)12-27-18-3-2-7-26-22(18)24/h2-9,11,27H,10,12H2,1H3,(H2,24,26). The Kier molecular flexibility index (Phi) is 5.18. The number of nitrogen functional groups attached to an aromatic ring is 1. The van der Waals surface area contributed by atoms with Gasteiger partial charge in [0.1, 0.15) is 11.4 Å². The van der Waals surface area contributed by atoms with Crippen LogP contribution in [0.15, 0.2) is 59.3 Å². The van der Waals surface area contributed by atoms with E-state index in [9.17, 15) is 4.79 Å². The second kappa shape index (κ2) is 7.93. The number of Topliss-reactive ketones (excluding diaryl/α,β-unsaturated/α-hetero) is 1. The number of ketones is 1. The summed E-state index contributed by atoms with van der Waals surface area (Å²) in [6.45, 7) is 2.34. The molecular formula is C22H19ClN4O2. The molecular weight excluding hydrogens is 388 g/mol. The van der Waals surface area contributed by atoms with E-state index in [0.717, 1.165) is 27.9 Å². The Bertz CT molecular complexity index is 1200. The second-order valence-corrected chi connectivity index (χ2v) is 7.18. The molecule has 3 heterocycles. The topological polar surface area (TPSA) is 94.0 Å². The number of nitrogens with two attached hydrogens (primary N) is 1. The average molecular weight is 407 g/mol. The molecule has 29 heavy (non-hydrogen) atoms. The number of halogens is 1. The van der Waals surface area contributed by atoms with Gasteiger partial charge in [-0.3, -0.25) is 9.78 Å². The average Bonchev–Trinajstić information content (AvgIpc) is 3.04. The zero-order valence-corrected chi connectivity index (χ0v) is 16.5. The van der Waals surface area contributed by atoms with Gasteiger partial charge in [-0.25, -0.2) is 4.98 Å². The number of benzene rings is 1. The zero-order chi connectivity index (χ0) is 20.4. The highest BCUT2D eigenvalue weighted by molar-refractivity contribution is 6.31. The number of pyridine rings is 2. The van der Waals surface area contributed by atoms with E-state index in [4.69, 9.17) is 21.8 Å². The normalized spacial score (nSPS) is 11.0. The second-order valence-electron chi connectivity index (χ2n) is 6.74. The summed E-state index contributed by atoms with van der Waals surface area (Å²) in [4.78, 5) is 21.2. The number of nitrogens with one attached hydrogen (secondary N) is 1. The molecule has 3 N–H and O–H groups in total. The van der Waals surface area contributed by atoms with Gasteiger partial charge in [0.15, 0.2) is 5.76 Å². The van der Waals surface area contributed by atoms with Crippen molar-refractivity contribution < 1.29 is 9.21 Å². The maximum atomic E-state index is 12.8. The highest BCUT2D eigenvalue weighted by Crippen LogP contribution is 2.28. The molecule has 146 valence electrons. The summed E-state index contributed by atoms with van der Waals surface area (Å²) >= 11 is 6.06.